The molecule has 1 aromatic heterocycles. The van der Waals surface area contributed by atoms with E-state index in [1.54, 1.807) is 13.4 Å². The Hall–Kier alpha value is -4.21. The molecule has 4 rings (SSSR count). The highest BCUT2D eigenvalue weighted by Crippen LogP contribution is 2.25. The first-order valence-corrected chi connectivity index (χ1v) is 17.9. The van der Waals surface area contributed by atoms with Gasteiger partial charge < -0.3 is 29.6 Å². The summed E-state index contributed by atoms with van der Waals surface area (Å²) >= 11 is 0. The monoisotopic (exact) mass is 701 g/mol. The quantitative estimate of drug-likeness (QED) is 0.150. The van der Waals surface area contributed by atoms with Crippen LogP contribution in [0, 0.1) is 19.8 Å². The molecule has 51 heavy (non-hydrogen) atoms. The van der Waals surface area contributed by atoms with Crippen molar-refractivity contribution in [3.8, 4) is 0 Å². The number of benzene rings is 2. The number of hydrogen-bond acceptors (Lipinski definition) is 6. The molecule has 2 unspecified atom stereocenters. The highest BCUT2D eigenvalue weighted by Gasteiger charge is 2.30. The molecule has 2 amide bonds. The number of carbonyl (C=O) groups is 2. The van der Waals surface area contributed by atoms with Crippen molar-refractivity contribution >= 4 is 11.8 Å². The Morgan fingerprint density at radius 2 is 1.69 bits per heavy atom. The normalized spacial score (nSPS) is 14.5. The summed E-state index contributed by atoms with van der Waals surface area (Å²) in [5, 5.41) is 5.95. The fourth-order valence-corrected chi connectivity index (χ4v) is 5.14. The molecule has 9 nitrogen and oxygen atoms in total. The number of aryl methyl sites for hydroxylation is 2. The zero-order valence-corrected chi connectivity index (χ0v) is 32.8. The third-order valence-electron chi connectivity index (χ3n) is 8.64. The Morgan fingerprint density at radius 1 is 1.04 bits per heavy atom. The third kappa shape index (κ3) is 15.3. The van der Waals surface area contributed by atoms with E-state index in [2.05, 4.69) is 54.8 Å². The molecule has 2 atom stereocenters. The molecule has 3 aromatic rings. The second-order valence-corrected chi connectivity index (χ2v) is 14.9. The van der Waals surface area contributed by atoms with Gasteiger partial charge in [-0.2, -0.15) is 0 Å². The molecule has 1 aliphatic heterocycles. The molecular formula is C42H63N5O4. The standard InChI is InChI=1S/C19H25N3O.C17H26N2O2.C6H12O/c1-14-7-9-21(10-8-14)19(23)18(22-12-16(3)20-13-22)17-6-4-5-15(2)11-17;1-13(2)15(19-16(20)17(3,4)18-5)12-21-11-14-9-7-6-8-10-14;1-5-7-6(2,3)4/h4-6,11-14,18H,7-10H2,1-3H3;6-10,15,18H,1,11-12H2,2-5H3,(H,19,20);5H,1H2,2-4H3. The third-order valence-corrected chi connectivity index (χ3v) is 8.64. The van der Waals surface area contributed by atoms with Gasteiger partial charge in [-0.25, -0.2) is 4.98 Å². The number of piperidine rings is 1. The maximum atomic E-state index is 13.2. The second kappa shape index (κ2) is 20.6. The molecule has 280 valence electrons. The zero-order chi connectivity index (χ0) is 38.2. The first-order valence-electron chi connectivity index (χ1n) is 17.9. The van der Waals surface area contributed by atoms with E-state index in [4.69, 9.17) is 9.47 Å². The average Bonchev–Trinajstić information content (AvgIpc) is 3.50. The number of imidazole rings is 1. The van der Waals surface area contributed by atoms with Gasteiger partial charge in [0, 0.05) is 19.3 Å². The smallest absolute Gasteiger partial charge is 0.250 e. The minimum Gasteiger partial charge on any atom is -0.496 e. The van der Waals surface area contributed by atoms with E-state index in [0.29, 0.717) is 19.1 Å². The lowest BCUT2D eigenvalue weighted by Crippen LogP contribution is -2.54. The number of hydrogen-bond donors (Lipinski definition) is 2. The molecule has 0 radical (unpaired) electrons. The maximum absolute atomic E-state index is 13.2. The van der Waals surface area contributed by atoms with E-state index in [1.807, 2.05) is 107 Å². The van der Waals surface area contributed by atoms with Gasteiger partial charge in [-0.3, -0.25) is 9.59 Å². The van der Waals surface area contributed by atoms with Gasteiger partial charge in [0.15, 0.2) is 0 Å². The van der Waals surface area contributed by atoms with Crippen LogP contribution >= 0.6 is 0 Å². The Bertz CT molecular complexity index is 1520. The van der Waals surface area contributed by atoms with E-state index in [-0.39, 0.29) is 29.5 Å². The first kappa shape index (κ1) is 43.0. The number of ether oxygens (including phenoxy) is 2. The number of nitrogens with zero attached hydrogens (tertiary/aromatic N) is 3. The van der Waals surface area contributed by atoms with E-state index in [9.17, 15) is 9.59 Å². The van der Waals surface area contributed by atoms with Gasteiger partial charge >= 0.3 is 0 Å². The molecule has 2 heterocycles. The van der Waals surface area contributed by atoms with Gasteiger partial charge in [-0.05, 0) is 92.3 Å². The lowest BCUT2D eigenvalue weighted by molar-refractivity contribution is -0.135. The molecule has 0 spiro atoms. The van der Waals surface area contributed by atoms with Gasteiger partial charge in [0.05, 0.1) is 48.7 Å². The number of likely N-dealkylation sites (N-methyl/N-ethyl adjacent to an activating group) is 1. The first-order chi connectivity index (χ1) is 24.0. The number of aromatic nitrogens is 2. The Labute approximate surface area is 307 Å². The van der Waals surface area contributed by atoms with Crippen molar-refractivity contribution in [2.75, 3.05) is 26.7 Å². The lowest BCUT2D eigenvalue weighted by Gasteiger charge is -2.33. The molecular weight excluding hydrogens is 638 g/mol. The van der Waals surface area contributed by atoms with Crippen LogP contribution in [-0.4, -0.2) is 70.2 Å². The van der Waals surface area contributed by atoms with Gasteiger partial charge in [0.1, 0.15) is 6.04 Å². The fraction of sp³-hybridized carbons (Fsp3) is 0.500. The zero-order valence-electron chi connectivity index (χ0n) is 32.8. The summed E-state index contributed by atoms with van der Waals surface area (Å²) in [6, 6.07) is 17.7. The number of nitrogens with one attached hydrogen (secondary N) is 2. The van der Waals surface area contributed by atoms with Crippen molar-refractivity contribution in [1.82, 2.24) is 25.1 Å². The number of rotatable bonds is 12. The summed E-state index contributed by atoms with van der Waals surface area (Å²) in [4.78, 5) is 31.7. The van der Waals surface area contributed by atoms with Crippen LogP contribution in [0.3, 0.4) is 0 Å². The molecule has 1 aliphatic rings. The number of carbonyl (C=O) groups excluding carboxylic acids is 2. The molecule has 1 fully saturated rings. The van der Waals surface area contributed by atoms with Crippen molar-refractivity contribution in [3.05, 3.63) is 114 Å². The highest BCUT2D eigenvalue weighted by atomic mass is 16.5. The molecule has 2 aromatic carbocycles. The fourth-order valence-electron chi connectivity index (χ4n) is 5.14. The molecule has 0 bridgehead atoms. The molecule has 1 saturated heterocycles. The summed E-state index contributed by atoms with van der Waals surface area (Å²) in [5.41, 5.74) is 4.44. The van der Waals surface area contributed by atoms with Gasteiger partial charge in [-0.1, -0.05) is 85.8 Å². The number of likely N-dealkylation sites (tertiary alicyclic amines) is 1. The second-order valence-electron chi connectivity index (χ2n) is 14.9. The van der Waals surface area contributed by atoms with Crippen molar-refractivity contribution in [3.63, 3.8) is 0 Å². The predicted octanol–water partition coefficient (Wildman–Crippen LogP) is 7.55. The van der Waals surface area contributed by atoms with Gasteiger partial charge in [0.25, 0.3) is 0 Å². The van der Waals surface area contributed by atoms with E-state index < -0.39 is 5.54 Å². The van der Waals surface area contributed by atoms with Gasteiger partial charge in [0.2, 0.25) is 11.8 Å². The summed E-state index contributed by atoms with van der Waals surface area (Å²) in [6.07, 6.45) is 7.37. The summed E-state index contributed by atoms with van der Waals surface area (Å²) in [5.74, 6) is 0.827. The van der Waals surface area contributed by atoms with Crippen LogP contribution in [0.4, 0.5) is 0 Å². The van der Waals surface area contributed by atoms with Crippen molar-refractivity contribution < 1.29 is 19.1 Å². The lowest BCUT2D eigenvalue weighted by atomic mass is 9.97. The minimum atomic E-state index is -0.618. The van der Waals surface area contributed by atoms with E-state index in [0.717, 1.165) is 48.3 Å². The minimum absolute atomic E-state index is 0.0677. The van der Waals surface area contributed by atoms with Crippen LogP contribution in [-0.2, 0) is 25.7 Å². The Morgan fingerprint density at radius 3 is 2.18 bits per heavy atom. The summed E-state index contributed by atoms with van der Waals surface area (Å²) in [6.45, 7) is 27.8. The van der Waals surface area contributed by atoms with Crippen molar-refractivity contribution in [2.45, 2.75) is 105 Å². The predicted molar refractivity (Wildman–Crippen MR) is 208 cm³/mol. The van der Waals surface area contributed by atoms with Crippen LogP contribution in [0.2, 0.25) is 0 Å². The topological polar surface area (TPSA) is 97.7 Å². The Kier molecular flexibility index (Phi) is 17.3. The highest BCUT2D eigenvalue weighted by molar-refractivity contribution is 5.86. The van der Waals surface area contributed by atoms with Crippen LogP contribution in [0.25, 0.3) is 0 Å². The summed E-state index contributed by atoms with van der Waals surface area (Å²) in [7, 11) is 1.77. The van der Waals surface area contributed by atoms with Crippen LogP contribution in [0.5, 0.6) is 0 Å². The van der Waals surface area contributed by atoms with Crippen LogP contribution in [0.1, 0.15) is 89.7 Å². The average molecular weight is 702 g/mol. The molecule has 2 N–H and O–H groups in total. The molecule has 9 heteroatoms. The van der Waals surface area contributed by atoms with E-state index >= 15 is 0 Å². The van der Waals surface area contributed by atoms with Crippen LogP contribution in [0.15, 0.2) is 92.1 Å². The largest absolute Gasteiger partial charge is 0.496 e. The summed E-state index contributed by atoms with van der Waals surface area (Å²) < 4.78 is 12.6. The number of amides is 2. The van der Waals surface area contributed by atoms with Crippen molar-refractivity contribution in [2.24, 2.45) is 5.92 Å². The van der Waals surface area contributed by atoms with Gasteiger partial charge in [-0.15, -0.1) is 0 Å². The van der Waals surface area contributed by atoms with Crippen LogP contribution < -0.4 is 10.6 Å². The molecule has 0 aliphatic carbocycles. The Balaban J connectivity index is 0.000000300. The SMILES string of the molecule is C=C(C)C(COCc1ccccc1)NC(=O)C(C)(C)NC.C=COC(C)(C)C.Cc1cccc(C(C(=O)N2CCC(C)CC2)n2cnc(C)c2)c1. The van der Waals surface area contributed by atoms with E-state index in [1.165, 1.54) is 11.8 Å². The maximum Gasteiger partial charge on any atom is 0.250 e. The molecule has 0 saturated carbocycles. The van der Waals surface area contributed by atoms with Crippen molar-refractivity contribution in [1.29, 1.82) is 0 Å².